The molecule has 0 aromatic heterocycles. The fraction of sp³-hybridized carbons (Fsp3) is 0.900. The number of carboxylic acid groups (broad SMARTS) is 1. The van der Waals surface area contributed by atoms with E-state index in [2.05, 4.69) is 0 Å². The second-order valence-corrected chi connectivity index (χ2v) is 9.88. The van der Waals surface area contributed by atoms with Gasteiger partial charge in [-0.1, -0.05) is 13.3 Å². The Morgan fingerprint density at radius 3 is 2.42 bits per heavy atom. The van der Waals surface area contributed by atoms with Crippen LogP contribution >= 0.6 is 0 Å². The van der Waals surface area contributed by atoms with Crippen LogP contribution in [-0.4, -0.2) is 50.0 Å². The highest BCUT2D eigenvalue weighted by atomic mass is 16.4. The Labute approximate surface area is 153 Å². The van der Waals surface area contributed by atoms with Crippen molar-refractivity contribution in [3.63, 3.8) is 0 Å². The Hall–Kier alpha value is -0.980. The normalized spacial score (nSPS) is 56.0. The Kier molecular flexibility index (Phi) is 3.60. The lowest BCUT2D eigenvalue weighted by Crippen LogP contribution is -2.70. The smallest absolute Gasteiger partial charge is 0.309 e. The zero-order valence-corrected chi connectivity index (χ0v) is 15.6. The van der Waals surface area contributed by atoms with Gasteiger partial charge < -0.3 is 20.4 Å². The second-order valence-electron chi connectivity index (χ2n) is 9.88. The molecule has 0 aromatic rings. The van der Waals surface area contributed by atoms with Gasteiger partial charge >= 0.3 is 5.97 Å². The minimum absolute atomic E-state index is 0.205. The van der Waals surface area contributed by atoms with Gasteiger partial charge in [0.2, 0.25) is 0 Å². The standard InChI is InChI=1S/C20H30O6/c1-16(15(23)24)6-3-7-17(2)13(16)5-8-18-10-12(4-9-20(17,18)26)19(25,11-21)14(18)22/h12-13,21,25-26H,3-11H2,1-2H3,(H,23,24)/t12-,13-,16-,17-,18+,19-,20-/m1/s1. The second kappa shape index (κ2) is 5.09. The summed E-state index contributed by atoms with van der Waals surface area (Å²) in [5.41, 5.74) is -5.74. The largest absolute Gasteiger partial charge is 0.481 e. The summed E-state index contributed by atoms with van der Waals surface area (Å²) in [6.07, 6.45) is 4.19. The van der Waals surface area contributed by atoms with Crippen molar-refractivity contribution in [2.75, 3.05) is 6.61 Å². The Bertz CT molecular complexity index is 677. The summed E-state index contributed by atoms with van der Waals surface area (Å²) in [4.78, 5) is 25.4. The van der Waals surface area contributed by atoms with Crippen LogP contribution in [0.1, 0.15) is 65.2 Å². The van der Waals surface area contributed by atoms with Crippen molar-refractivity contribution in [3.8, 4) is 0 Å². The van der Waals surface area contributed by atoms with Crippen LogP contribution in [0.3, 0.4) is 0 Å². The van der Waals surface area contributed by atoms with Crippen LogP contribution in [-0.2, 0) is 9.59 Å². The maximum Gasteiger partial charge on any atom is 0.309 e. The highest BCUT2D eigenvalue weighted by Crippen LogP contribution is 2.73. The number of rotatable bonds is 2. The van der Waals surface area contributed by atoms with Gasteiger partial charge in [-0.3, -0.25) is 9.59 Å². The summed E-state index contributed by atoms with van der Waals surface area (Å²) in [6, 6.07) is 0. The molecule has 1 spiro atoms. The zero-order chi connectivity index (χ0) is 19.2. The first kappa shape index (κ1) is 18.4. The molecular weight excluding hydrogens is 336 g/mol. The van der Waals surface area contributed by atoms with E-state index in [-0.39, 0.29) is 11.8 Å². The van der Waals surface area contributed by atoms with E-state index < -0.39 is 45.8 Å². The van der Waals surface area contributed by atoms with E-state index in [0.717, 1.165) is 0 Å². The highest BCUT2D eigenvalue weighted by molar-refractivity contribution is 5.97. The van der Waals surface area contributed by atoms with Crippen LogP contribution in [0.2, 0.25) is 0 Å². The number of aliphatic hydroxyl groups excluding tert-OH is 1. The Balaban J connectivity index is 1.85. The summed E-state index contributed by atoms with van der Waals surface area (Å²) in [6.45, 7) is 3.13. The first-order valence-corrected chi connectivity index (χ1v) is 9.86. The minimum atomic E-state index is -1.77. The maximum absolute atomic E-state index is 13.3. The van der Waals surface area contributed by atoms with Gasteiger partial charge in [-0.25, -0.2) is 0 Å². The lowest BCUT2D eigenvalue weighted by molar-refractivity contribution is -0.255. The van der Waals surface area contributed by atoms with Gasteiger partial charge in [-0.15, -0.1) is 0 Å². The third-order valence-electron chi connectivity index (χ3n) is 9.21. The molecule has 0 heterocycles. The predicted molar refractivity (Wildman–Crippen MR) is 92.2 cm³/mol. The molecule has 2 bridgehead atoms. The summed E-state index contributed by atoms with van der Waals surface area (Å²) in [5.74, 6) is -1.77. The Morgan fingerprint density at radius 2 is 1.81 bits per heavy atom. The third kappa shape index (κ3) is 1.70. The van der Waals surface area contributed by atoms with Crippen LogP contribution in [0.25, 0.3) is 0 Å². The van der Waals surface area contributed by atoms with Gasteiger partial charge in [0.15, 0.2) is 5.78 Å². The van der Waals surface area contributed by atoms with Crippen LogP contribution in [0.4, 0.5) is 0 Å². The molecule has 0 amide bonds. The lowest BCUT2D eigenvalue weighted by Gasteiger charge is -2.66. The van der Waals surface area contributed by atoms with Gasteiger partial charge in [-0.05, 0) is 63.7 Å². The van der Waals surface area contributed by atoms with E-state index in [0.29, 0.717) is 51.4 Å². The van der Waals surface area contributed by atoms with E-state index >= 15 is 0 Å². The van der Waals surface area contributed by atoms with Crippen LogP contribution in [0, 0.1) is 28.1 Å². The predicted octanol–water partition coefficient (Wildman–Crippen LogP) is 1.50. The Morgan fingerprint density at radius 1 is 1.12 bits per heavy atom. The number of hydrogen-bond acceptors (Lipinski definition) is 5. The number of aliphatic carboxylic acids is 1. The number of hydrogen-bond donors (Lipinski definition) is 4. The van der Waals surface area contributed by atoms with E-state index in [1.807, 2.05) is 6.92 Å². The maximum atomic E-state index is 13.3. The average Bonchev–Trinajstić information content (AvgIpc) is 2.77. The van der Waals surface area contributed by atoms with Crippen LogP contribution in [0.5, 0.6) is 0 Å². The van der Waals surface area contributed by atoms with E-state index in [1.54, 1.807) is 6.92 Å². The fourth-order valence-corrected chi connectivity index (χ4v) is 7.71. The molecule has 0 radical (unpaired) electrons. The molecule has 4 N–H and O–H groups in total. The van der Waals surface area contributed by atoms with Crippen LogP contribution in [0.15, 0.2) is 0 Å². The molecule has 6 nitrogen and oxygen atoms in total. The quantitative estimate of drug-likeness (QED) is 0.589. The molecule has 4 saturated carbocycles. The number of Topliss-reactive ketones (excluding diaryl/α,β-unsaturated/α-hetero) is 1. The molecule has 4 fully saturated rings. The molecule has 4 aliphatic rings. The molecule has 26 heavy (non-hydrogen) atoms. The number of aliphatic hydroxyl groups is 3. The molecule has 6 heteroatoms. The summed E-state index contributed by atoms with van der Waals surface area (Å²) in [5, 5.41) is 42.5. The fourth-order valence-electron chi connectivity index (χ4n) is 7.71. The van der Waals surface area contributed by atoms with Crippen molar-refractivity contribution >= 4 is 11.8 Å². The SMILES string of the molecule is C[C@@]1(C(=O)O)CCC[C@]2(C)[C@@H]1CC[C@@]13C[C@@H](CC[C@]12O)[C@](O)(CO)C3=O. The highest BCUT2D eigenvalue weighted by Gasteiger charge is 2.78. The van der Waals surface area contributed by atoms with Crippen molar-refractivity contribution in [1.82, 2.24) is 0 Å². The number of ketones is 1. The van der Waals surface area contributed by atoms with Crippen molar-refractivity contribution in [3.05, 3.63) is 0 Å². The summed E-state index contributed by atoms with van der Waals surface area (Å²) >= 11 is 0. The van der Waals surface area contributed by atoms with Gasteiger partial charge in [0.05, 0.1) is 23.0 Å². The third-order valence-corrected chi connectivity index (χ3v) is 9.21. The molecule has 0 saturated heterocycles. The number of fused-ring (bicyclic) bond motifs is 3. The molecule has 0 aromatic carbocycles. The number of carboxylic acids is 1. The lowest BCUT2D eigenvalue weighted by atomic mass is 9.38. The van der Waals surface area contributed by atoms with E-state index in [1.165, 1.54) is 0 Å². The van der Waals surface area contributed by atoms with Crippen molar-refractivity contribution in [1.29, 1.82) is 0 Å². The zero-order valence-electron chi connectivity index (χ0n) is 15.6. The van der Waals surface area contributed by atoms with E-state index in [9.17, 15) is 30.0 Å². The first-order valence-electron chi connectivity index (χ1n) is 9.86. The van der Waals surface area contributed by atoms with Crippen molar-refractivity contribution < 1.29 is 30.0 Å². The molecule has 7 atom stereocenters. The molecule has 4 aliphatic carbocycles. The summed E-state index contributed by atoms with van der Waals surface area (Å²) < 4.78 is 0. The van der Waals surface area contributed by atoms with Crippen molar-refractivity contribution in [2.24, 2.45) is 28.1 Å². The minimum Gasteiger partial charge on any atom is -0.481 e. The van der Waals surface area contributed by atoms with Gasteiger partial charge in [0.25, 0.3) is 0 Å². The molecule has 4 rings (SSSR count). The molecule has 0 unspecified atom stereocenters. The molecular formula is C20H30O6. The van der Waals surface area contributed by atoms with Gasteiger partial charge in [0, 0.05) is 5.41 Å². The van der Waals surface area contributed by atoms with Crippen LogP contribution < -0.4 is 0 Å². The summed E-state index contributed by atoms with van der Waals surface area (Å²) in [7, 11) is 0. The number of carbonyl (C=O) groups excluding carboxylic acids is 1. The first-order chi connectivity index (χ1) is 12.0. The van der Waals surface area contributed by atoms with Gasteiger partial charge in [-0.2, -0.15) is 0 Å². The molecule has 146 valence electrons. The number of carbonyl (C=O) groups is 2. The average molecular weight is 366 g/mol. The monoisotopic (exact) mass is 366 g/mol. The molecule has 0 aliphatic heterocycles. The topological polar surface area (TPSA) is 115 Å². The van der Waals surface area contributed by atoms with E-state index in [4.69, 9.17) is 0 Å². The van der Waals surface area contributed by atoms with Crippen molar-refractivity contribution in [2.45, 2.75) is 76.4 Å². The van der Waals surface area contributed by atoms with Gasteiger partial charge in [0.1, 0.15) is 5.60 Å².